The van der Waals surface area contributed by atoms with Gasteiger partial charge in [0.25, 0.3) is 5.91 Å². The summed E-state index contributed by atoms with van der Waals surface area (Å²) in [5.74, 6) is -0.764. The van der Waals surface area contributed by atoms with Gasteiger partial charge in [-0.15, -0.1) is 0 Å². The molecule has 4 nitrogen and oxygen atoms in total. The predicted molar refractivity (Wildman–Crippen MR) is 104 cm³/mol. The summed E-state index contributed by atoms with van der Waals surface area (Å²) in [6.07, 6.45) is 0.227. The third kappa shape index (κ3) is 3.15. The normalized spacial score (nSPS) is 14.0. The molecule has 6 heteroatoms. The Hall–Kier alpha value is -2.92. The number of hydrogen-bond acceptors (Lipinski definition) is 2. The van der Waals surface area contributed by atoms with Crippen LogP contribution in [0.1, 0.15) is 34.5 Å². The molecule has 3 aromatic rings. The quantitative estimate of drug-likeness (QED) is 0.694. The van der Waals surface area contributed by atoms with Crippen molar-refractivity contribution >= 4 is 39.9 Å². The molecule has 1 atom stereocenters. The first kappa shape index (κ1) is 17.5. The largest absolute Gasteiger partial charge is 0.345 e. The first-order valence-electron chi connectivity index (χ1n) is 8.54. The predicted octanol–water partition coefficient (Wildman–Crippen LogP) is 4.62. The van der Waals surface area contributed by atoms with Crippen LogP contribution < -0.4 is 10.6 Å². The lowest BCUT2D eigenvalue weighted by atomic mass is 9.99. The maximum Gasteiger partial charge on any atom is 0.253 e. The summed E-state index contributed by atoms with van der Waals surface area (Å²) in [5, 5.41) is 7.15. The zero-order valence-corrected chi connectivity index (χ0v) is 15.2. The van der Waals surface area contributed by atoms with E-state index in [0.717, 1.165) is 16.5 Å². The minimum absolute atomic E-state index is 0.121. The van der Waals surface area contributed by atoms with Gasteiger partial charge in [-0.3, -0.25) is 9.59 Å². The van der Waals surface area contributed by atoms with Crippen molar-refractivity contribution in [1.29, 1.82) is 0 Å². The molecule has 4 rings (SSSR count). The molecule has 0 radical (unpaired) electrons. The number of halogens is 2. The summed E-state index contributed by atoms with van der Waals surface area (Å²) >= 11 is 6.23. The smallest absolute Gasteiger partial charge is 0.253 e. The zero-order valence-electron chi connectivity index (χ0n) is 14.5. The highest BCUT2D eigenvalue weighted by atomic mass is 35.5. The number of benzene rings is 3. The standard InChI is InChI=1S/C21H16ClFN2O2/c1-11(13-6-7-18(23)15-5-3-2-4-14(13)15)24-21(27)16-8-12-9-20(26)25-19(12)10-17(16)22/h2-8,10-11H,9H2,1H3,(H,24,27)(H,25,26). The Morgan fingerprint density at radius 2 is 1.93 bits per heavy atom. The fourth-order valence-corrected chi connectivity index (χ4v) is 3.69. The van der Waals surface area contributed by atoms with E-state index < -0.39 is 0 Å². The van der Waals surface area contributed by atoms with Crippen molar-refractivity contribution in [2.24, 2.45) is 0 Å². The van der Waals surface area contributed by atoms with Crippen molar-refractivity contribution in [3.05, 3.63) is 76.1 Å². The molecule has 136 valence electrons. The summed E-state index contributed by atoms with van der Waals surface area (Å²) < 4.78 is 14.0. The van der Waals surface area contributed by atoms with Crippen molar-refractivity contribution in [3.8, 4) is 0 Å². The molecule has 1 aliphatic heterocycles. The number of nitrogens with one attached hydrogen (secondary N) is 2. The van der Waals surface area contributed by atoms with Gasteiger partial charge >= 0.3 is 0 Å². The van der Waals surface area contributed by atoms with E-state index in [2.05, 4.69) is 10.6 Å². The van der Waals surface area contributed by atoms with Crippen LogP contribution in [0.5, 0.6) is 0 Å². The highest BCUT2D eigenvalue weighted by Gasteiger charge is 2.23. The monoisotopic (exact) mass is 382 g/mol. The van der Waals surface area contributed by atoms with Gasteiger partial charge in [0.15, 0.2) is 0 Å². The van der Waals surface area contributed by atoms with E-state index in [1.54, 1.807) is 30.3 Å². The molecule has 0 saturated heterocycles. The second kappa shape index (κ2) is 6.67. The fraction of sp³-hybridized carbons (Fsp3) is 0.143. The van der Waals surface area contributed by atoms with Gasteiger partial charge in [0.2, 0.25) is 5.91 Å². The SMILES string of the molecule is CC(NC(=O)c1cc2c(cc1Cl)NC(=O)C2)c1ccc(F)c2ccccc12. The first-order valence-corrected chi connectivity index (χ1v) is 8.92. The topological polar surface area (TPSA) is 58.2 Å². The van der Waals surface area contributed by atoms with E-state index in [1.807, 2.05) is 19.1 Å². The minimum atomic E-state index is -0.355. The van der Waals surface area contributed by atoms with Gasteiger partial charge in [0.05, 0.1) is 23.0 Å². The Labute approximate surface area is 160 Å². The van der Waals surface area contributed by atoms with Gasteiger partial charge in [-0.1, -0.05) is 41.9 Å². The highest BCUT2D eigenvalue weighted by molar-refractivity contribution is 6.34. The number of carbonyl (C=O) groups excluding carboxylic acids is 2. The number of rotatable bonds is 3. The van der Waals surface area contributed by atoms with Crippen LogP contribution in [0.25, 0.3) is 10.8 Å². The Balaban J connectivity index is 1.64. The molecule has 0 aliphatic carbocycles. The summed E-state index contributed by atoms with van der Waals surface area (Å²) in [5.41, 5.74) is 2.51. The Morgan fingerprint density at radius 1 is 1.19 bits per heavy atom. The van der Waals surface area contributed by atoms with Crippen LogP contribution in [0, 0.1) is 5.82 Å². The van der Waals surface area contributed by atoms with Crippen LogP contribution in [0.4, 0.5) is 10.1 Å². The number of anilines is 1. The van der Waals surface area contributed by atoms with E-state index in [4.69, 9.17) is 11.6 Å². The maximum atomic E-state index is 14.0. The van der Waals surface area contributed by atoms with E-state index in [1.165, 1.54) is 6.07 Å². The third-order valence-electron chi connectivity index (χ3n) is 4.78. The number of carbonyl (C=O) groups is 2. The third-order valence-corrected chi connectivity index (χ3v) is 5.09. The van der Waals surface area contributed by atoms with Crippen LogP contribution in [-0.4, -0.2) is 11.8 Å². The fourth-order valence-electron chi connectivity index (χ4n) is 3.44. The molecule has 2 amide bonds. The Kier molecular flexibility index (Phi) is 4.32. The zero-order chi connectivity index (χ0) is 19.1. The van der Waals surface area contributed by atoms with Gasteiger partial charge in [0, 0.05) is 11.1 Å². The second-order valence-electron chi connectivity index (χ2n) is 6.59. The molecule has 2 N–H and O–H groups in total. The lowest BCUT2D eigenvalue weighted by Crippen LogP contribution is -2.27. The molecule has 0 saturated carbocycles. The summed E-state index contributed by atoms with van der Waals surface area (Å²) in [4.78, 5) is 24.3. The number of hydrogen-bond donors (Lipinski definition) is 2. The molecular weight excluding hydrogens is 367 g/mol. The first-order chi connectivity index (χ1) is 12.9. The summed E-state index contributed by atoms with van der Waals surface area (Å²) in [7, 11) is 0. The number of amides is 2. The van der Waals surface area contributed by atoms with Gasteiger partial charge in [-0.25, -0.2) is 4.39 Å². The van der Waals surface area contributed by atoms with Gasteiger partial charge in [-0.05, 0) is 41.6 Å². The Morgan fingerprint density at radius 3 is 2.70 bits per heavy atom. The van der Waals surface area contributed by atoms with Crippen molar-refractivity contribution < 1.29 is 14.0 Å². The molecule has 3 aromatic carbocycles. The molecule has 0 spiro atoms. The van der Waals surface area contributed by atoms with E-state index in [0.29, 0.717) is 16.6 Å². The van der Waals surface area contributed by atoms with Crippen molar-refractivity contribution in [3.63, 3.8) is 0 Å². The molecule has 0 aromatic heterocycles. The van der Waals surface area contributed by atoms with Crippen LogP contribution in [0.3, 0.4) is 0 Å². The molecular formula is C21H16ClFN2O2. The molecule has 27 heavy (non-hydrogen) atoms. The van der Waals surface area contributed by atoms with Crippen LogP contribution in [0.2, 0.25) is 5.02 Å². The lowest BCUT2D eigenvalue weighted by molar-refractivity contribution is -0.115. The summed E-state index contributed by atoms with van der Waals surface area (Å²) in [6.45, 7) is 1.84. The lowest BCUT2D eigenvalue weighted by Gasteiger charge is -2.18. The summed E-state index contributed by atoms with van der Waals surface area (Å²) in [6, 6.07) is 13.1. The maximum absolute atomic E-state index is 14.0. The number of fused-ring (bicyclic) bond motifs is 2. The van der Waals surface area contributed by atoms with E-state index in [-0.39, 0.29) is 35.1 Å². The van der Waals surface area contributed by atoms with Crippen LogP contribution in [0.15, 0.2) is 48.5 Å². The van der Waals surface area contributed by atoms with E-state index in [9.17, 15) is 14.0 Å². The van der Waals surface area contributed by atoms with Crippen molar-refractivity contribution in [2.45, 2.75) is 19.4 Å². The van der Waals surface area contributed by atoms with Gasteiger partial charge < -0.3 is 10.6 Å². The van der Waals surface area contributed by atoms with Crippen LogP contribution in [-0.2, 0) is 11.2 Å². The molecule has 0 bridgehead atoms. The van der Waals surface area contributed by atoms with Crippen LogP contribution >= 0.6 is 11.6 Å². The van der Waals surface area contributed by atoms with Gasteiger partial charge in [0.1, 0.15) is 5.82 Å². The molecule has 1 heterocycles. The highest BCUT2D eigenvalue weighted by Crippen LogP contribution is 2.31. The second-order valence-corrected chi connectivity index (χ2v) is 7.00. The average molecular weight is 383 g/mol. The Bertz CT molecular complexity index is 1100. The van der Waals surface area contributed by atoms with Crippen molar-refractivity contribution in [1.82, 2.24) is 5.32 Å². The minimum Gasteiger partial charge on any atom is -0.345 e. The van der Waals surface area contributed by atoms with Crippen molar-refractivity contribution in [2.75, 3.05) is 5.32 Å². The molecule has 1 unspecified atom stereocenters. The molecule has 1 aliphatic rings. The van der Waals surface area contributed by atoms with E-state index >= 15 is 0 Å². The van der Waals surface area contributed by atoms with Gasteiger partial charge in [-0.2, -0.15) is 0 Å². The molecule has 0 fully saturated rings. The average Bonchev–Trinajstić information content (AvgIpc) is 3.00.